The highest BCUT2D eigenvalue weighted by Crippen LogP contribution is 2.22. The average Bonchev–Trinajstić information content (AvgIpc) is 3.01. The van der Waals surface area contributed by atoms with Gasteiger partial charge in [0.15, 0.2) is 0 Å². The molecule has 2 aromatic rings. The van der Waals surface area contributed by atoms with Gasteiger partial charge in [-0.2, -0.15) is 0 Å². The van der Waals surface area contributed by atoms with Crippen LogP contribution in [0, 0.1) is 6.92 Å². The predicted molar refractivity (Wildman–Crippen MR) is 106 cm³/mol. The third-order valence-electron chi connectivity index (χ3n) is 6.09. The van der Waals surface area contributed by atoms with Gasteiger partial charge in [-0.25, -0.2) is 9.97 Å². The van der Waals surface area contributed by atoms with Crippen molar-refractivity contribution in [2.75, 3.05) is 44.2 Å². The Morgan fingerprint density at radius 2 is 1.93 bits per heavy atom. The second-order valence-electron chi connectivity index (χ2n) is 7.73. The Labute approximate surface area is 161 Å². The maximum Gasteiger partial charge on any atom is 0.128 e. The Bertz CT molecular complexity index is 740. The minimum Gasteiger partial charge on any atom is -0.390 e. The highest BCUT2D eigenvalue weighted by Gasteiger charge is 2.34. The van der Waals surface area contributed by atoms with Gasteiger partial charge < -0.3 is 14.6 Å². The summed E-state index contributed by atoms with van der Waals surface area (Å²) < 4.78 is 2.13. The molecule has 146 valence electrons. The van der Waals surface area contributed by atoms with Gasteiger partial charge in [0.1, 0.15) is 11.6 Å². The zero-order valence-electron chi connectivity index (χ0n) is 16.3. The summed E-state index contributed by atoms with van der Waals surface area (Å²) in [4.78, 5) is 16.0. The number of pyridine rings is 1. The van der Waals surface area contributed by atoms with Crippen LogP contribution in [-0.2, 0) is 13.6 Å². The summed E-state index contributed by atoms with van der Waals surface area (Å²) >= 11 is 0. The number of rotatable bonds is 4. The van der Waals surface area contributed by atoms with E-state index in [1.807, 2.05) is 31.5 Å². The van der Waals surface area contributed by atoms with Crippen LogP contribution >= 0.6 is 0 Å². The standard InChI is InChI=1S/C20H30N6O/c1-16-22-13-17(23(16)2)14-24-8-6-18(19(27)15-24)25-9-11-26(12-10-25)20-5-3-4-7-21-20/h3-5,7,13,18-19,27H,6,8-12,14-15H2,1-2H3/t18-,19-/m1/s1. The first kappa shape index (κ1) is 18.4. The number of likely N-dealkylation sites (tertiary alicyclic amines) is 1. The van der Waals surface area contributed by atoms with Crippen LogP contribution in [0.3, 0.4) is 0 Å². The van der Waals surface area contributed by atoms with E-state index in [4.69, 9.17) is 0 Å². The highest BCUT2D eigenvalue weighted by atomic mass is 16.3. The number of aryl methyl sites for hydroxylation is 1. The highest BCUT2D eigenvalue weighted by molar-refractivity contribution is 5.38. The molecule has 0 aromatic carbocycles. The van der Waals surface area contributed by atoms with Crippen LogP contribution in [0.2, 0.25) is 0 Å². The van der Waals surface area contributed by atoms with Crippen LogP contribution in [0.25, 0.3) is 0 Å². The summed E-state index contributed by atoms with van der Waals surface area (Å²) in [5.41, 5.74) is 1.21. The van der Waals surface area contributed by atoms with Gasteiger partial charge in [0.25, 0.3) is 0 Å². The Balaban J connectivity index is 1.29. The lowest BCUT2D eigenvalue weighted by Crippen LogP contribution is -2.58. The van der Waals surface area contributed by atoms with Crippen LogP contribution in [0.1, 0.15) is 17.9 Å². The van der Waals surface area contributed by atoms with E-state index < -0.39 is 0 Å². The summed E-state index contributed by atoms with van der Waals surface area (Å²) in [5.74, 6) is 2.09. The first-order valence-corrected chi connectivity index (χ1v) is 9.89. The number of anilines is 1. The van der Waals surface area contributed by atoms with Gasteiger partial charge in [0.2, 0.25) is 0 Å². The van der Waals surface area contributed by atoms with Crippen molar-refractivity contribution in [3.63, 3.8) is 0 Å². The fourth-order valence-corrected chi connectivity index (χ4v) is 4.30. The third-order valence-corrected chi connectivity index (χ3v) is 6.09. The van der Waals surface area contributed by atoms with E-state index in [0.717, 1.165) is 63.9 Å². The van der Waals surface area contributed by atoms with Crippen LogP contribution < -0.4 is 4.90 Å². The quantitative estimate of drug-likeness (QED) is 0.862. The molecule has 0 amide bonds. The van der Waals surface area contributed by atoms with E-state index in [0.29, 0.717) is 0 Å². The van der Waals surface area contributed by atoms with Crippen LogP contribution in [0.5, 0.6) is 0 Å². The van der Waals surface area contributed by atoms with Gasteiger partial charge in [-0.05, 0) is 25.5 Å². The topological polar surface area (TPSA) is 60.7 Å². The number of piperazine rings is 1. The Kier molecular flexibility index (Phi) is 5.43. The lowest BCUT2D eigenvalue weighted by Gasteiger charge is -2.45. The van der Waals surface area contributed by atoms with Crippen molar-refractivity contribution in [2.45, 2.75) is 32.0 Å². The number of aliphatic hydroxyl groups excluding tert-OH is 1. The molecule has 2 aromatic heterocycles. The number of β-amino-alcohol motifs (C(OH)–C–C–N with tert-alkyl or cyclic N) is 1. The minimum atomic E-state index is -0.297. The molecule has 2 fully saturated rings. The number of aromatic nitrogens is 3. The SMILES string of the molecule is Cc1ncc(CN2CC[C@@H](N3CCN(c4ccccn4)CC3)[C@H](O)C2)n1C. The smallest absolute Gasteiger partial charge is 0.128 e. The second-order valence-corrected chi connectivity index (χ2v) is 7.73. The maximum absolute atomic E-state index is 10.8. The molecule has 0 unspecified atom stereocenters. The molecule has 2 aliphatic heterocycles. The molecule has 0 radical (unpaired) electrons. The fraction of sp³-hybridized carbons (Fsp3) is 0.600. The molecule has 7 nitrogen and oxygen atoms in total. The lowest BCUT2D eigenvalue weighted by molar-refractivity contribution is -0.0177. The lowest BCUT2D eigenvalue weighted by atomic mass is 9.99. The molecule has 2 saturated heterocycles. The van der Waals surface area contributed by atoms with Crippen molar-refractivity contribution >= 4 is 5.82 Å². The Morgan fingerprint density at radius 3 is 2.56 bits per heavy atom. The van der Waals surface area contributed by atoms with E-state index in [1.165, 1.54) is 5.69 Å². The molecule has 0 bridgehead atoms. The summed E-state index contributed by atoms with van der Waals surface area (Å²) in [6.07, 6.45) is 4.52. The predicted octanol–water partition coefficient (Wildman–Crippen LogP) is 0.881. The van der Waals surface area contributed by atoms with Crippen molar-refractivity contribution in [3.05, 3.63) is 42.1 Å². The molecule has 0 saturated carbocycles. The zero-order chi connectivity index (χ0) is 18.8. The molecule has 2 atom stereocenters. The molecule has 4 rings (SSSR count). The number of aliphatic hydroxyl groups is 1. The van der Waals surface area contributed by atoms with Gasteiger partial charge in [0, 0.05) is 71.3 Å². The van der Waals surface area contributed by atoms with Crippen molar-refractivity contribution in [1.29, 1.82) is 0 Å². The van der Waals surface area contributed by atoms with Crippen molar-refractivity contribution in [3.8, 4) is 0 Å². The van der Waals surface area contributed by atoms with E-state index in [1.54, 1.807) is 0 Å². The zero-order valence-corrected chi connectivity index (χ0v) is 16.3. The monoisotopic (exact) mass is 370 g/mol. The normalized spacial score (nSPS) is 25.1. The van der Waals surface area contributed by atoms with Crippen molar-refractivity contribution in [2.24, 2.45) is 7.05 Å². The number of hydrogen-bond donors (Lipinski definition) is 1. The van der Waals surface area contributed by atoms with E-state index in [2.05, 4.69) is 42.3 Å². The number of nitrogens with zero attached hydrogens (tertiary/aromatic N) is 6. The molecule has 2 aliphatic rings. The van der Waals surface area contributed by atoms with Crippen molar-refractivity contribution < 1.29 is 5.11 Å². The maximum atomic E-state index is 10.8. The second kappa shape index (κ2) is 7.96. The average molecular weight is 371 g/mol. The number of hydrogen-bond acceptors (Lipinski definition) is 6. The molecular weight excluding hydrogens is 340 g/mol. The summed E-state index contributed by atoms with van der Waals surface area (Å²) in [6.45, 7) is 8.54. The Morgan fingerprint density at radius 1 is 1.11 bits per heavy atom. The molecule has 7 heteroatoms. The van der Waals surface area contributed by atoms with Crippen LogP contribution in [0.15, 0.2) is 30.6 Å². The van der Waals surface area contributed by atoms with Gasteiger partial charge >= 0.3 is 0 Å². The first-order valence-electron chi connectivity index (χ1n) is 9.89. The fourth-order valence-electron chi connectivity index (χ4n) is 4.30. The van der Waals surface area contributed by atoms with Gasteiger partial charge in [-0.15, -0.1) is 0 Å². The first-order chi connectivity index (χ1) is 13.1. The third kappa shape index (κ3) is 4.00. The van der Waals surface area contributed by atoms with Crippen LogP contribution in [0.4, 0.5) is 5.82 Å². The molecular formula is C20H30N6O. The minimum absolute atomic E-state index is 0.264. The molecule has 27 heavy (non-hydrogen) atoms. The molecule has 1 N–H and O–H groups in total. The van der Waals surface area contributed by atoms with E-state index in [9.17, 15) is 5.11 Å². The summed E-state index contributed by atoms with van der Waals surface area (Å²) in [7, 11) is 2.06. The molecule has 4 heterocycles. The van der Waals surface area contributed by atoms with Gasteiger partial charge in [-0.3, -0.25) is 9.80 Å². The van der Waals surface area contributed by atoms with E-state index in [-0.39, 0.29) is 12.1 Å². The summed E-state index contributed by atoms with van der Waals surface area (Å²) in [5, 5.41) is 10.8. The van der Waals surface area contributed by atoms with Crippen molar-refractivity contribution in [1.82, 2.24) is 24.3 Å². The largest absolute Gasteiger partial charge is 0.390 e. The summed E-state index contributed by atoms with van der Waals surface area (Å²) in [6, 6.07) is 6.33. The molecule has 0 spiro atoms. The van der Waals surface area contributed by atoms with E-state index >= 15 is 0 Å². The van der Waals surface area contributed by atoms with Crippen LogP contribution in [-0.4, -0.2) is 80.9 Å². The van der Waals surface area contributed by atoms with Gasteiger partial charge in [-0.1, -0.05) is 6.07 Å². The van der Waals surface area contributed by atoms with Gasteiger partial charge in [0.05, 0.1) is 11.8 Å². The molecule has 0 aliphatic carbocycles. The number of piperidine rings is 1. The number of imidazole rings is 1. The Hall–Kier alpha value is -1.96.